The molecule has 0 aromatic carbocycles. The van der Waals surface area contributed by atoms with Gasteiger partial charge < -0.3 is 14.6 Å². The lowest BCUT2D eigenvalue weighted by molar-refractivity contribution is 0.0605. The number of fused-ring (bicyclic) bond motifs is 1. The smallest absolute Gasteiger partial charge is 0.255 e. The minimum Gasteiger partial charge on any atom is -0.371 e. The van der Waals surface area contributed by atoms with Gasteiger partial charge in [-0.1, -0.05) is 0 Å². The van der Waals surface area contributed by atoms with Crippen LogP contribution in [0.3, 0.4) is 0 Å². The van der Waals surface area contributed by atoms with Gasteiger partial charge in [-0.15, -0.1) is 0 Å². The van der Waals surface area contributed by atoms with E-state index in [0.717, 1.165) is 42.8 Å². The van der Waals surface area contributed by atoms with Gasteiger partial charge in [0.25, 0.3) is 5.91 Å². The molecule has 1 aliphatic rings. The van der Waals surface area contributed by atoms with E-state index in [2.05, 4.69) is 14.7 Å². The summed E-state index contributed by atoms with van der Waals surface area (Å²) in [6.07, 6.45) is 10.4. The first kappa shape index (κ1) is 15.6. The van der Waals surface area contributed by atoms with Crippen molar-refractivity contribution in [2.24, 2.45) is 0 Å². The number of anilines is 1. The molecule has 1 amide bonds. The van der Waals surface area contributed by atoms with Crippen molar-refractivity contribution < 1.29 is 4.79 Å². The Kier molecular flexibility index (Phi) is 4.09. The lowest BCUT2D eigenvalue weighted by Gasteiger charge is -2.35. The summed E-state index contributed by atoms with van der Waals surface area (Å²) in [5.74, 6) is 0.861. The summed E-state index contributed by atoms with van der Waals surface area (Å²) < 4.78 is 2.06. The number of aromatic nitrogens is 3. The van der Waals surface area contributed by atoms with Crippen LogP contribution in [0, 0.1) is 0 Å². The molecular weight excluding hydrogens is 314 g/mol. The van der Waals surface area contributed by atoms with Crippen LogP contribution in [0.1, 0.15) is 41.4 Å². The highest BCUT2D eigenvalue weighted by molar-refractivity contribution is 5.94. The average Bonchev–Trinajstić information content (AvgIpc) is 3.16. The third-order valence-corrected chi connectivity index (χ3v) is 4.78. The van der Waals surface area contributed by atoms with Crippen molar-refractivity contribution in [3.63, 3.8) is 0 Å². The maximum absolute atomic E-state index is 13.0. The van der Waals surface area contributed by atoms with Crippen LogP contribution in [-0.2, 0) is 0 Å². The van der Waals surface area contributed by atoms with Gasteiger partial charge in [-0.25, -0.2) is 4.98 Å². The fraction of sp³-hybridized carbons (Fsp3) is 0.316. The van der Waals surface area contributed by atoms with E-state index in [-0.39, 0.29) is 11.9 Å². The monoisotopic (exact) mass is 335 g/mol. The van der Waals surface area contributed by atoms with Crippen molar-refractivity contribution in [1.82, 2.24) is 19.3 Å². The maximum atomic E-state index is 13.0. The van der Waals surface area contributed by atoms with Crippen molar-refractivity contribution in [3.8, 4) is 0 Å². The maximum Gasteiger partial charge on any atom is 0.255 e. The van der Waals surface area contributed by atoms with Crippen LogP contribution >= 0.6 is 0 Å². The number of amides is 1. The predicted octanol–water partition coefficient (Wildman–Crippen LogP) is 3.14. The van der Waals surface area contributed by atoms with Crippen molar-refractivity contribution in [2.75, 3.05) is 18.9 Å². The number of nitrogens with zero attached hydrogens (tertiary/aromatic N) is 4. The first-order chi connectivity index (χ1) is 12.3. The second-order valence-electron chi connectivity index (χ2n) is 6.32. The van der Waals surface area contributed by atoms with Crippen molar-refractivity contribution in [3.05, 3.63) is 60.3 Å². The van der Waals surface area contributed by atoms with Gasteiger partial charge in [-0.3, -0.25) is 9.78 Å². The molecule has 1 N–H and O–H groups in total. The number of hydrogen-bond donors (Lipinski definition) is 1. The van der Waals surface area contributed by atoms with Gasteiger partial charge in [0.15, 0.2) is 0 Å². The van der Waals surface area contributed by atoms with Gasteiger partial charge in [0.05, 0.1) is 22.8 Å². The Morgan fingerprint density at radius 1 is 1.28 bits per heavy atom. The Bertz CT molecular complexity index is 889. The number of pyridine rings is 1. The highest BCUT2D eigenvalue weighted by atomic mass is 16.2. The van der Waals surface area contributed by atoms with Gasteiger partial charge >= 0.3 is 0 Å². The zero-order valence-electron chi connectivity index (χ0n) is 14.2. The highest BCUT2D eigenvalue weighted by Gasteiger charge is 2.30. The molecule has 1 atom stereocenters. The number of rotatable bonds is 3. The van der Waals surface area contributed by atoms with Gasteiger partial charge in [0.2, 0.25) is 0 Å². The molecule has 1 aliphatic heterocycles. The summed E-state index contributed by atoms with van der Waals surface area (Å²) in [5.41, 5.74) is 2.59. The first-order valence-electron chi connectivity index (χ1n) is 8.64. The molecule has 3 aromatic heterocycles. The Hall–Kier alpha value is -2.89. The number of likely N-dealkylation sites (tertiary alicyclic amines) is 1. The van der Waals surface area contributed by atoms with Gasteiger partial charge in [-0.2, -0.15) is 0 Å². The lowest BCUT2D eigenvalue weighted by Crippen LogP contribution is -2.39. The zero-order valence-corrected chi connectivity index (χ0v) is 14.2. The standard InChI is InChI=1S/C19H21N5O/c1-20-18-17-8-5-10-23(17)13-15(22-18)16-7-2-3-11-24(16)19(25)14-6-4-9-21-12-14/h4-6,8-10,12-13,16H,2-3,7,11H2,1H3,(H,20,22)/t16-/m0/s1. The molecule has 25 heavy (non-hydrogen) atoms. The molecule has 1 fully saturated rings. The molecule has 4 heterocycles. The van der Waals surface area contributed by atoms with Gasteiger partial charge in [-0.05, 0) is 43.5 Å². The SMILES string of the molecule is CNc1nc([C@@H]2CCCCN2C(=O)c2cccnc2)cn2cccc12. The summed E-state index contributed by atoms with van der Waals surface area (Å²) in [6.45, 7) is 0.749. The molecule has 1 saturated heterocycles. The Morgan fingerprint density at radius 3 is 3.00 bits per heavy atom. The predicted molar refractivity (Wildman–Crippen MR) is 96.6 cm³/mol. The second kappa shape index (κ2) is 6.55. The van der Waals surface area contributed by atoms with E-state index in [9.17, 15) is 4.79 Å². The van der Waals surface area contributed by atoms with Crippen molar-refractivity contribution in [1.29, 1.82) is 0 Å². The first-order valence-corrected chi connectivity index (χ1v) is 8.64. The molecule has 0 spiro atoms. The second-order valence-corrected chi connectivity index (χ2v) is 6.32. The fourth-order valence-electron chi connectivity index (χ4n) is 3.55. The molecule has 0 bridgehead atoms. The van der Waals surface area contributed by atoms with E-state index < -0.39 is 0 Å². The number of hydrogen-bond acceptors (Lipinski definition) is 4. The van der Waals surface area contributed by atoms with Crippen molar-refractivity contribution >= 4 is 17.2 Å². The van der Waals surface area contributed by atoms with Crippen LogP contribution in [0.4, 0.5) is 5.82 Å². The Morgan fingerprint density at radius 2 is 2.20 bits per heavy atom. The number of carbonyl (C=O) groups excluding carboxylic acids is 1. The van der Waals surface area contributed by atoms with Crippen LogP contribution in [-0.4, -0.2) is 38.8 Å². The zero-order chi connectivity index (χ0) is 17.2. The molecule has 128 valence electrons. The summed E-state index contributed by atoms with van der Waals surface area (Å²) in [4.78, 5) is 23.8. The lowest BCUT2D eigenvalue weighted by atomic mass is 9.98. The minimum atomic E-state index is -0.0136. The number of nitrogens with one attached hydrogen (secondary N) is 1. The largest absolute Gasteiger partial charge is 0.371 e. The number of carbonyl (C=O) groups is 1. The molecule has 0 aliphatic carbocycles. The number of piperidine rings is 1. The van der Waals surface area contributed by atoms with Crippen LogP contribution in [0.5, 0.6) is 0 Å². The van der Waals surface area contributed by atoms with E-state index in [1.54, 1.807) is 18.5 Å². The van der Waals surface area contributed by atoms with Crippen molar-refractivity contribution in [2.45, 2.75) is 25.3 Å². The third-order valence-electron chi connectivity index (χ3n) is 4.78. The van der Waals surface area contributed by atoms with Crippen LogP contribution in [0.2, 0.25) is 0 Å². The van der Waals surface area contributed by atoms with Crippen LogP contribution in [0.15, 0.2) is 49.1 Å². The molecule has 3 aromatic rings. The minimum absolute atomic E-state index is 0.0136. The Balaban J connectivity index is 1.73. The normalized spacial score (nSPS) is 17.6. The van der Waals surface area contributed by atoms with Gasteiger partial charge in [0.1, 0.15) is 5.82 Å². The molecule has 6 nitrogen and oxygen atoms in total. The molecule has 6 heteroatoms. The highest BCUT2D eigenvalue weighted by Crippen LogP contribution is 2.32. The summed E-state index contributed by atoms with van der Waals surface area (Å²) >= 11 is 0. The van der Waals surface area contributed by atoms with E-state index in [0.29, 0.717) is 5.56 Å². The van der Waals surface area contributed by atoms with E-state index >= 15 is 0 Å². The quantitative estimate of drug-likeness (QED) is 0.799. The molecule has 0 radical (unpaired) electrons. The summed E-state index contributed by atoms with van der Waals surface area (Å²) in [5, 5.41) is 3.17. The third kappa shape index (κ3) is 2.84. The molecule has 4 rings (SSSR count). The summed E-state index contributed by atoms with van der Waals surface area (Å²) in [7, 11) is 1.87. The van der Waals surface area contributed by atoms with E-state index in [1.165, 1.54) is 0 Å². The fourth-order valence-corrected chi connectivity index (χ4v) is 3.55. The van der Waals surface area contributed by atoms with Crippen LogP contribution < -0.4 is 5.32 Å². The molecule has 0 saturated carbocycles. The van der Waals surface area contributed by atoms with Gasteiger partial charge in [0, 0.05) is 38.4 Å². The Labute approximate surface area is 146 Å². The van der Waals surface area contributed by atoms with E-state index in [1.807, 2.05) is 42.5 Å². The topological polar surface area (TPSA) is 62.5 Å². The molecular formula is C19H21N5O. The summed E-state index contributed by atoms with van der Waals surface area (Å²) in [6, 6.07) is 7.64. The van der Waals surface area contributed by atoms with E-state index in [4.69, 9.17) is 4.98 Å². The van der Waals surface area contributed by atoms with Crippen LogP contribution in [0.25, 0.3) is 5.52 Å². The molecule has 0 unspecified atom stereocenters. The average molecular weight is 335 g/mol.